The van der Waals surface area contributed by atoms with Crippen molar-refractivity contribution in [3.05, 3.63) is 0 Å². The lowest BCUT2D eigenvalue weighted by molar-refractivity contribution is -0.147. The minimum atomic E-state index is -4.82. The largest absolute Gasteiger partial charge is 0.481 e. The first-order valence-electron chi connectivity index (χ1n) is 13.2. The minimum Gasteiger partial charge on any atom is -0.481 e. The van der Waals surface area contributed by atoms with Crippen LogP contribution in [0.3, 0.4) is 0 Å². The van der Waals surface area contributed by atoms with Crippen LogP contribution in [0.25, 0.3) is 0 Å². The molecule has 0 amide bonds. The van der Waals surface area contributed by atoms with Crippen molar-refractivity contribution in [2.75, 3.05) is 19.8 Å². The molecule has 0 heterocycles. The van der Waals surface area contributed by atoms with E-state index in [4.69, 9.17) is 19.1 Å². The monoisotopic (exact) mass is 508 g/mol. The number of esters is 1. The summed E-state index contributed by atoms with van der Waals surface area (Å²) in [7, 11) is -4.82. The van der Waals surface area contributed by atoms with E-state index in [0.29, 0.717) is 19.6 Å². The number of hydrogen-bond donors (Lipinski definition) is 2. The second-order valence-corrected chi connectivity index (χ2v) is 10.6. The fourth-order valence-electron chi connectivity index (χ4n) is 3.75. The maximum atomic E-state index is 11.7. The number of ether oxygens (including phenoxy) is 2. The molecule has 1 unspecified atom stereocenters. The van der Waals surface area contributed by atoms with Gasteiger partial charge >= 0.3 is 11.9 Å². The highest BCUT2D eigenvalue weighted by atomic mass is 32.2. The molecular formula is C25H48O8S. The Hall–Kier alpha value is -1.19. The van der Waals surface area contributed by atoms with Crippen LogP contribution in [0.15, 0.2) is 0 Å². The molecule has 0 saturated heterocycles. The summed E-state index contributed by atoms with van der Waals surface area (Å²) < 4.78 is 41.4. The van der Waals surface area contributed by atoms with Gasteiger partial charge in [0.1, 0.15) is 0 Å². The number of unbranched alkanes of at least 4 members (excludes halogenated alkanes) is 15. The fourth-order valence-corrected chi connectivity index (χ4v) is 4.41. The van der Waals surface area contributed by atoms with Crippen LogP contribution in [0.5, 0.6) is 0 Å². The van der Waals surface area contributed by atoms with Crippen molar-refractivity contribution in [2.45, 2.75) is 128 Å². The second kappa shape index (κ2) is 22.3. The van der Waals surface area contributed by atoms with Gasteiger partial charge in [-0.15, -0.1) is 0 Å². The van der Waals surface area contributed by atoms with E-state index >= 15 is 0 Å². The molecule has 0 bridgehead atoms. The third-order valence-corrected chi connectivity index (χ3v) is 6.88. The molecule has 0 rings (SSSR count). The molecule has 0 aliphatic rings. The topological polar surface area (TPSA) is 127 Å². The molecular weight excluding hydrogens is 460 g/mol. The first kappa shape index (κ1) is 32.8. The summed E-state index contributed by atoms with van der Waals surface area (Å²) in [5.74, 6) is -2.77. The molecule has 0 aliphatic heterocycles. The molecule has 0 aromatic rings. The van der Waals surface area contributed by atoms with E-state index in [0.717, 1.165) is 12.8 Å². The highest BCUT2D eigenvalue weighted by Gasteiger charge is 2.34. The maximum absolute atomic E-state index is 11.7. The Kier molecular flexibility index (Phi) is 21.5. The predicted octanol–water partition coefficient (Wildman–Crippen LogP) is 5.93. The molecule has 0 radical (unpaired) electrons. The number of carboxylic acid groups (broad SMARTS) is 1. The van der Waals surface area contributed by atoms with E-state index in [1.807, 2.05) is 0 Å². The summed E-state index contributed by atoms with van der Waals surface area (Å²) in [5, 5.41) is 6.54. The van der Waals surface area contributed by atoms with Crippen LogP contribution in [0.4, 0.5) is 0 Å². The van der Waals surface area contributed by atoms with E-state index in [9.17, 15) is 18.0 Å². The molecule has 34 heavy (non-hydrogen) atoms. The Morgan fingerprint density at radius 2 is 1.09 bits per heavy atom. The summed E-state index contributed by atoms with van der Waals surface area (Å²) in [5.41, 5.74) is 0. The first-order valence-corrected chi connectivity index (χ1v) is 14.7. The van der Waals surface area contributed by atoms with E-state index in [1.54, 1.807) is 0 Å². The zero-order chi connectivity index (χ0) is 25.5. The molecule has 0 aromatic carbocycles. The Labute approximate surface area is 206 Å². The normalized spacial score (nSPS) is 12.5. The van der Waals surface area contributed by atoms with Gasteiger partial charge in [0.05, 0.1) is 13.0 Å². The van der Waals surface area contributed by atoms with Gasteiger partial charge in [0, 0.05) is 19.6 Å². The Morgan fingerprint density at radius 1 is 0.676 bits per heavy atom. The summed E-state index contributed by atoms with van der Waals surface area (Å²) in [4.78, 5) is 22.3. The van der Waals surface area contributed by atoms with Gasteiger partial charge < -0.3 is 14.6 Å². The van der Waals surface area contributed by atoms with Gasteiger partial charge in [0.15, 0.2) is 5.25 Å². The highest BCUT2D eigenvalue weighted by Crippen LogP contribution is 2.14. The fraction of sp³-hybridized carbons (Fsp3) is 0.920. The van der Waals surface area contributed by atoms with Crippen LogP contribution >= 0.6 is 0 Å². The zero-order valence-corrected chi connectivity index (χ0v) is 22.0. The van der Waals surface area contributed by atoms with E-state index in [-0.39, 0.29) is 6.61 Å². The average Bonchev–Trinajstić information content (AvgIpc) is 2.77. The Balaban J connectivity index is 3.39. The van der Waals surface area contributed by atoms with Crippen molar-refractivity contribution in [3.63, 3.8) is 0 Å². The maximum Gasteiger partial charge on any atom is 0.327 e. The second-order valence-electron chi connectivity index (χ2n) is 9.04. The van der Waals surface area contributed by atoms with Crippen LogP contribution in [0.1, 0.15) is 122 Å². The molecule has 0 aliphatic carbocycles. The van der Waals surface area contributed by atoms with Gasteiger partial charge in [0.2, 0.25) is 0 Å². The van der Waals surface area contributed by atoms with Crippen LogP contribution in [0, 0.1) is 0 Å². The first-order chi connectivity index (χ1) is 16.3. The average molecular weight is 509 g/mol. The third-order valence-electron chi connectivity index (χ3n) is 5.80. The molecule has 8 nitrogen and oxygen atoms in total. The lowest BCUT2D eigenvalue weighted by atomic mass is 10.0. The smallest absolute Gasteiger partial charge is 0.327 e. The Bertz CT molecular complexity index is 606. The number of carbonyl (C=O) groups is 2. The lowest BCUT2D eigenvalue weighted by Crippen LogP contribution is -2.34. The van der Waals surface area contributed by atoms with Crippen molar-refractivity contribution in [2.24, 2.45) is 0 Å². The lowest BCUT2D eigenvalue weighted by Gasteiger charge is -2.11. The number of carbonyl (C=O) groups excluding carboxylic acids is 1. The molecule has 0 aromatic heterocycles. The number of carboxylic acids is 1. The van der Waals surface area contributed by atoms with Gasteiger partial charge in [-0.05, 0) is 6.42 Å². The van der Waals surface area contributed by atoms with Crippen LogP contribution in [-0.4, -0.2) is 55.1 Å². The zero-order valence-electron chi connectivity index (χ0n) is 21.2. The van der Waals surface area contributed by atoms with Crippen molar-refractivity contribution < 1.29 is 37.1 Å². The van der Waals surface area contributed by atoms with E-state index in [1.165, 1.54) is 89.9 Å². The molecule has 2 N–H and O–H groups in total. The van der Waals surface area contributed by atoms with Gasteiger partial charge in [-0.1, -0.05) is 103 Å². The summed E-state index contributed by atoms with van der Waals surface area (Å²) >= 11 is 0. The minimum absolute atomic E-state index is 0.0938. The van der Waals surface area contributed by atoms with Crippen molar-refractivity contribution >= 4 is 22.1 Å². The number of aliphatic carboxylic acids is 1. The predicted molar refractivity (Wildman–Crippen MR) is 134 cm³/mol. The summed E-state index contributed by atoms with van der Waals surface area (Å²) in [6, 6.07) is 0. The molecule has 0 spiro atoms. The third kappa shape index (κ3) is 21.4. The van der Waals surface area contributed by atoms with Gasteiger partial charge in [0.25, 0.3) is 10.1 Å². The van der Waals surface area contributed by atoms with Crippen LogP contribution in [0.2, 0.25) is 0 Å². The SMILES string of the molecule is CCCCCCCCCCCCCCCCCCOCCCOC(=O)C(CC(=O)O)S(=O)(=O)O. The summed E-state index contributed by atoms with van der Waals surface area (Å²) in [6.07, 6.45) is 20.4. The van der Waals surface area contributed by atoms with Crippen molar-refractivity contribution in [3.8, 4) is 0 Å². The highest BCUT2D eigenvalue weighted by molar-refractivity contribution is 7.87. The summed E-state index contributed by atoms with van der Waals surface area (Å²) in [6.45, 7) is 3.15. The van der Waals surface area contributed by atoms with E-state index in [2.05, 4.69) is 6.92 Å². The standard InChI is InChI=1S/C25H48O8S/c1-2-3-4-5-6-7-8-9-10-11-12-13-14-15-16-17-19-32-20-18-21-33-25(28)23(22-24(26)27)34(29,30)31/h23H,2-22H2,1H3,(H,26,27)(H,29,30,31). The van der Waals surface area contributed by atoms with Gasteiger partial charge in [-0.3, -0.25) is 14.1 Å². The quantitative estimate of drug-likeness (QED) is 0.0882. The number of rotatable bonds is 25. The van der Waals surface area contributed by atoms with E-state index < -0.39 is 33.7 Å². The van der Waals surface area contributed by atoms with Crippen LogP contribution in [-0.2, 0) is 29.2 Å². The van der Waals surface area contributed by atoms with Crippen molar-refractivity contribution in [1.82, 2.24) is 0 Å². The number of hydrogen-bond acceptors (Lipinski definition) is 6. The Morgan fingerprint density at radius 3 is 1.50 bits per heavy atom. The molecule has 9 heteroatoms. The van der Waals surface area contributed by atoms with Crippen molar-refractivity contribution in [1.29, 1.82) is 0 Å². The molecule has 1 atom stereocenters. The van der Waals surface area contributed by atoms with Crippen LogP contribution < -0.4 is 0 Å². The van der Waals surface area contributed by atoms with Gasteiger partial charge in [-0.25, -0.2) is 0 Å². The van der Waals surface area contributed by atoms with Gasteiger partial charge in [-0.2, -0.15) is 8.42 Å². The molecule has 202 valence electrons. The molecule has 0 saturated carbocycles. The molecule has 0 fully saturated rings.